The Kier molecular flexibility index (Phi) is 4.68. The number of nitrogens with one attached hydrogen (secondary N) is 1. The van der Waals surface area contributed by atoms with Gasteiger partial charge in [-0.15, -0.1) is 0 Å². The number of carbonyl (C=O) groups excluding carboxylic acids is 1. The van der Waals surface area contributed by atoms with Crippen molar-refractivity contribution < 1.29 is 9.53 Å². The minimum absolute atomic E-state index is 0.000650. The highest BCUT2D eigenvalue weighted by Gasteiger charge is 2.28. The molecule has 26 heavy (non-hydrogen) atoms. The fourth-order valence-electron chi connectivity index (χ4n) is 2.18. The van der Waals surface area contributed by atoms with Crippen LogP contribution >= 0.6 is 23.2 Å². The summed E-state index contributed by atoms with van der Waals surface area (Å²) in [5, 5.41) is 0.170. The average molecular weight is 393 g/mol. The van der Waals surface area contributed by atoms with Crippen molar-refractivity contribution >= 4 is 40.3 Å². The van der Waals surface area contributed by atoms with Gasteiger partial charge in [-0.2, -0.15) is 0 Å². The normalized spacial score (nSPS) is 11.6. The second-order valence-electron chi connectivity index (χ2n) is 6.52. The highest BCUT2D eigenvalue weighted by atomic mass is 35.5. The van der Waals surface area contributed by atoms with Gasteiger partial charge in [0, 0.05) is 18.0 Å². The molecule has 9 heteroatoms. The molecule has 0 radical (unpaired) electrons. The van der Waals surface area contributed by atoms with E-state index in [0.717, 1.165) is 0 Å². The van der Waals surface area contributed by atoms with Crippen molar-refractivity contribution in [2.45, 2.75) is 20.8 Å². The summed E-state index contributed by atoms with van der Waals surface area (Å²) < 4.78 is 5.56. The number of fused-ring (bicyclic) bond motifs is 1. The van der Waals surface area contributed by atoms with E-state index in [1.807, 2.05) is 0 Å². The first-order chi connectivity index (χ1) is 12.2. The molecule has 1 N–H and O–H groups in total. The third-order valence-corrected chi connectivity index (χ3v) is 3.99. The lowest BCUT2D eigenvalue weighted by Gasteiger charge is -2.18. The van der Waals surface area contributed by atoms with E-state index in [0.29, 0.717) is 0 Å². The molecule has 0 amide bonds. The molecule has 0 saturated heterocycles. The third kappa shape index (κ3) is 3.40. The van der Waals surface area contributed by atoms with Gasteiger partial charge in [0.15, 0.2) is 11.4 Å². The maximum Gasteiger partial charge on any atom is 0.316 e. The van der Waals surface area contributed by atoms with Crippen molar-refractivity contribution in [1.29, 1.82) is 0 Å². The minimum Gasteiger partial charge on any atom is -0.423 e. The minimum atomic E-state index is -0.795. The van der Waals surface area contributed by atoms with Crippen LogP contribution in [0.2, 0.25) is 10.3 Å². The zero-order valence-corrected chi connectivity index (χ0v) is 15.6. The lowest BCUT2D eigenvalue weighted by molar-refractivity contribution is -0.142. The summed E-state index contributed by atoms with van der Waals surface area (Å²) in [5.41, 5.74) is -0.620. The molecule has 0 unspecified atom stereocenters. The van der Waals surface area contributed by atoms with Crippen LogP contribution in [0.5, 0.6) is 5.75 Å². The molecule has 0 bridgehead atoms. The molecular formula is C17H14Cl2N4O3. The highest BCUT2D eigenvalue weighted by molar-refractivity contribution is 6.34. The molecule has 3 aromatic rings. The van der Waals surface area contributed by atoms with E-state index in [9.17, 15) is 9.59 Å². The van der Waals surface area contributed by atoms with E-state index in [4.69, 9.17) is 27.9 Å². The maximum atomic E-state index is 12.7. The van der Waals surface area contributed by atoms with Crippen molar-refractivity contribution in [2.75, 3.05) is 0 Å². The van der Waals surface area contributed by atoms with Gasteiger partial charge in [0.1, 0.15) is 15.8 Å². The van der Waals surface area contributed by atoms with Crippen LogP contribution in [-0.2, 0) is 4.79 Å². The third-order valence-electron chi connectivity index (χ3n) is 3.49. The van der Waals surface area contributed by atoms with Gasteiger partial charge in [0.2, 0.25) is 0 Å². The summed E-state index contributed by atoms with van der Waals surface area (Å²) in [4.78, 5) is 40.0. The molecule has 7 nitrogen and oxygen atoms in total. The Morgan fingerprint density at radius 2 is 1.85 bits per heavy atom. The first-order valence-electron chi connectivity index (χ1n) is 7.60. The summed E-state index contributed by atoms with van der Waals surface area (Å²) >= 11 is 12.0. The second kappa shape index (κ2) is 6.66. The Labute approximate surface area is 158 Å². The van der Waals surface area contributed by atoms with Gasteiger partial charge in [-0.25, -0.2) is 15.0 Å². The number of rotatable bonds is 2. The largest absolute Gasteiger partial charge is 0.423 e. The fourth-order valence-corrected chi connectivity index (χ4v) is 2.61. The van der Waals surface area contributed by atoms with E-state index in [1.165, 1.54) is 24.5 Å². The lowest BCUT2D eigenvalue weighted by atomic mass is 9.97. The van der Waals surface area contributed by atoms with Crippen molar-refractivity contribution in [3.63, 3.8) is 0 Å². The number of nitrogens with zero attached hydrogens (tertiary/aromatic N) is 3. The summed E-state index contributed by atoms with van der Waals surface area (Å²) in [7, 11) is 0. The van der Waals surface area contributed by atoms with Gasteiger partial charge < -0.3 is 9.72 Å². The van der Waals surface area contributed by atoms with Crippen LogP contribution in [0.1, 0.15) is 20.8 Å². The number of hydrogen-bond donors (Lipinski definition) is 1. The molecular weight excluding hydrogens is 379 g/mol. The van der Waals surface area contributed by atoms with Gasteiger partial charge in [-0.05, 0) is 32.9 Å². The summed E-state index contributed by atoms with van der Waals surface area (Å²) in [5.74, 6) is -0.558. The second-order valence-corrected chi connectivity index (χ2v) is 7.27. The number of esters is 1. The predicted molar refractivity (Wildman–Crippen MR) is 98.5 cm³/mol. The predicted octanol–water partition coefficient (Wildman–Crippen LogP) is 3.64. The Hall–Kier alpha value is -2.51. The number of H-pyrrole nitrogens is 1. The van der Waals surface area contributed by atoms with E-state index in [1.54, 1.807) is 20.8 Å². The van der Waals surface area contributed by atoms with Crippen molar-refractivity contribution in [3.05, 3.63) is 45.2 Å². The first-order valence-corrected chi connectivity index (χ1v) is 8.36. The number of pyridine rings is 2. The SMILES string of the molecule is CC(C)(C)C(=O)Oc1c(-c2ccc(Cl)nc2Cl)c(=O)[nH]c2nccnc12. The number of ether oxygens (including phenoxy) is 1. The topological polar surface area (TPSA) is 97.8 Å². The molecule has 0 aliphatic rings. The number of aromatic amines is 1. The van der Waals surface area contributed by atoms with Crippen LogP contribution in [-0.4, -0.2) is 25.9 Å². The molecule has 0 spiro atoms. The van der Waals surface area contributed by atoms with Crippen LogP contribution in [0.4, 0.5) is 0 Å². The summed E-state index contributed by atoms with van der Waals surface area (Å²) in [6.45, 7) is 5.10. The van der Waals surface area contributed by atoms with Crippen LogP contribution in [0.15, 0.2) is 29.3 Å². The van der Waals surface area contributed by atoms with E-state index in [2.05, 4.69) is 19.9 Å². The quantitative estimate of drug-likeness (QED) is 0.527. The molecule has 0 saturated carbocycles. The van der Waals surface area contributed by atoms with Crippen molar-refractivity contribution in [2.24, 2.45) is 5.41 Å². The maximum absolute atomic E-state index is 12.7. The smallest absolute Gasteiger partial charge is 0.316 e. The van der Waals surface area contributed by atoms with Crippen LogP contribution < -0.4 is 10.3 Å². The van der Waals surface area contributed by atoms with Crippen molar-refractivity contribution in [3.8, 4) is 16.9 Å². The van der Waals surface area contributed by atoms with Gasteiger partial charge in [0.05, 0.1) is 11.0 Å². The molecule has 3 rings (SSSR count). The molecule has 0 atom stereocenters. The lowest BCUT2D eigenvalue weighted by Crippen LogP contribution is -2.27. The number of aromatic nitrogens is 4. The number of carbonyl (C=O) groups is 1. The fraction of sp³-hybridized carbons (Fsp3) is 0.235. The van der Waals surface area contributed by atoms with E-state index in [-0.39, 0.29) is 38.3 Å². The van der Waals surface area contributed by atoms with E-state index >= 15 is 0 Å². The molecule has 0 aliphatic heterocycles. The molecule has 0 fully saturated rings. The Bertz CT molecular complexity index is 1070. The van der Waals surface area contributed by atoms with Gasteiger partial charge in [-0.1, -0.05) is 23.2 Å². The Balaban J connectivity index is 2.34. The molecule has 0 aliphatic carbocycles. The van der Waals surface area contributed by atoms with Gasteiger partial charge in [-0.3, -0.25) is 9.59 Å². The standard InChI is InChI=1S/C17H14Cl2N4O3/c1-17(2,3)16(25)26-12-10(8-4-5-9(18)22-13(8)19)15(24)23-14-11(12)20-6-7-21-14/h4-7H,1-3H3,(H,21,23,24). The zero-order chi connectivity index (χ0) is 19.1. The summed E-state index contributed by atoms with van der Waals surface area (Å²) in [6.07, 6.45) is 2.85. The van der Waals surface area contributed by atoms with Crippen LogP contribution in [0.25, 0.3) is 22.3 Å². The molecule has 134 valence electrons. The highest BCUT2D eigenvalue weighted by Crippen LogP contribution is 2.36. The van der Waals surface area contributed by atoms with E-state index < -0.39 is 16.9 Å². The first kappa shape index (κ1) is 18.3. The molecule has 0 aromatic carbocycles. The van der Waals surface area contributed by atoms with Crippen LogP contribution in [0, 0.1) is 5.41 Å². The molecule has 3 heterocycles. The van der Waals surface area contributed by atoms with Gasteiger partial charge >= 0.3 is 5.97 Å². The monoisotopic (exact) mass is 392 g/mol. The Morgan fingerprint density at radius 3 is 2.50 bits per heavy atom. The van der Waals surface area contributed by atoms with Gasteiger partial charge in [0.25, 0.3) is 5.56 Å². The average Bonchev–Trinajstić information content (AvgIpc) is 2.55. The summed E-state index contributed by atoms with van der Waals surface area (Å²) in [6, 6.07) is 3.01. The molecule has 3 aromatic heterocycles. The number of hydrogen-bond acceptors (Lipinski definition) is 6. The zero-order valence-electron chi connectivity index (χ0n) is 14.1. The van der Waals surface area contributed by atoms with Crippen molar-refractivity contribution in [1.82, 2.24) is 19.9 Å². The number of halogens is 2. The Morgan fingerprint density at radius 1 is 1.15 bits per heavy atom. The van der Waals surface area contributed by atoms with Crippen LogP contribution in [0.3, 0.4) is 0 Å².